The Morgan fingerprint density at radius 2 is 1.65 bits per heavy atom. The van der Waals surface area contributed by atoms with Crippen LogP contribution in [0.15, 0.2) is 24.3 Å². The van der Waals surface area contributed by atoms with E-state index < -0.39 is 0 Å². The molecule has 0 bridgehead atoms. The number of rotatable bonds is 5. The zero-order valence-corrected chi connectivity index (χ0v) is 16.6. The van der Waals surface area contributed by atoms with E-state index in [4.69, 9.17) is 11.6 Å². The Balaban J connectivity index is 1.77. The van der Waals surface area contributed by atoms with E-state index in [1.54, 1.807) is 12.1 Å². The molecular weight excluding hydrogens is 352 g/mol. The predicted octanol–water partition coefficient (Wildman–Crippen LogP) is 2.20. The summed E-state index contributed by atoms with van der Waals surface area (Å²) in [5.41, 5.74) is 0.491. The van der Waals surface area contributed by atoms with Gasteiger partial charge >= 0.3 is 0 Å². The number of amides is 2. The standard InChI is InChI=1S/C19H29ClN4O2/c1-19(2,3)22-18(26)14-24-9-5-8-23(10-11-24)13-17(25)21-16-7-4-6-15(20)12-16/h4,6-7,12H,5,8-11,13-14H2,1-3H3,(H,21,25)(H,22,26). The van der Waals surface area contributed by atoms with Crippen molar-refractivity contribution in [3.63, 3.8) is 0 Å². The highest BCUT2D eigenvalue weighted by Gasteiger charge is 2.20. The third kappa shape index (κ3) is 7.72. The molecule has 6 nitrogen and oxygen atoms in total. The second-order valence-electron chi connectivity index (χ2n) is 7.76. The number of hydrogen-bond acceptors (Lipinski definition) is 4. The smallest absolute Gasteiger partial charge is 0.238 e. The van der Waals surface area contributed by atoms with Crippen molar-refractivity contribution in [2.75, 3.05) is 44.6 Å². The highest BCUT2D eigenvalue weighted by atomic mass is 35.5. The SMILES string of the molecule is CC(C)(C)NC(=O)CN1CCCN(CC(=O)Nc2cccc(Cl)c2)CC1. The molecule has 1 saturated heterocycles. The third-order valence-electron chi connectivity index (χ3n) is 4.04. The van der Waals surface area contributed by atoms with Crippen LogP contribution in [0.2, 0.25) is 5.02 Å². The molecule has 26 heavy (non-hydrogen) atoms. The van der Waals surface area contributed by atoms with Crippen molar-refractivity contribution in [2.45, 2.75) is 32.7 Å². The summed E-state index contributed by atoms with van der Waals surface area (Å²) in [5.74, 6) is -0.00385. The predicted molar refractivity (Wildman–Crippen MR) is 105 cm³/mol. The fraction of sp³-hybridized carbons (Fsp3) is 0.579. The molecule has 1 aromatic rings. The lowest BCUT2D eigenvalue weighted by atomic mass is 10.1. The Labute approximate surface area is 160 Å². The summed E-state index contributed by atoms with van der Waals surface area (Å²) in [6.07, 6.45) is 0.938. The van der Waals surface area contributed by atoms with Gasteiger partial charge in [-0.15, -0.1) is 0 Å². The Kier molecular flexibility index (Phi) is 7.43. The van der Waals surface area contributed by atoms with Crippen LogP contribution in [0.3, 0.4) is 0 Å². The zero-order valence-electron chi connectivity index (χ0n) is 15.8. The van der Waals surface area contributed by atoms with Gasteiger partial charge in [0.25, 0.3) is 0 Å². The molecule has 1 heterocycles. The fourth-order valence-electron chi connectivity index (χ4n) is 2.97. The molecule has 0 aromatic heterocycles. The van der Waals surface area contributed by atoms with Crippen LogP contribution in [-0.2, 0) is 9.59 Å². The van der Waals surface area contributed by atoms with E-state index in [0.29, 0.717) is 23.8 Å². The van der Waals surface area contributed by atoms with Gasteiger partial charge in [-0.3, -0.25) is 19.4 Å². The molecule has 0 unspecified atom stereocenters. The summed E-state index contributed by atoms with van der Waals surface area (Å²) < 4.78 is 0. The van der Waals surface area contributed by atoms with Crippen molar-refractivity contribution in [2.24, 2.45) is 0 Å². The van der Waals surface area contributed by atoms with Gasteiger partial charge < -0.3 is 10.6 Å². The number of carbonyl (C=O) groups is 2. The molecule has 1 aromatic carbocycles. The molecule has 1 fully saturated rings. The second-order valence-corrected chi connectivity index (χ2v) is 8.20. The maximum atomic E-state index is 12.2. The molecule has 2 rings (SSSR count). The minimum atomic E-state index is -0.215. The second kappa shape index (κ2) is 9.35. The third-order valence-corrected chi connectivity index (χ3v) is 4.27. The quantitative estimate of drug-likeness (QED) is 0.822. The van der Waals surface area contributed by atoms with E-state index in [-0.39, 0.29) is 17.4 Å². The van der Waals surface area contributed by atoms with Gasteiger partial charge in [0, 0.05) is 29.3 Å². The maximum absolute atomic E-state index is 12.2. The minimum absolute atomic E-state index is 0.0460. The van der Waals surface area contributed by atoms with Crippen LogP contribution in [0.1, 0.15) is 27.2 Å². The maximum Gasteiger partial charge on any atom is 0.238 e. The number of anilines is 1. The van der Waals surface area contributed by atoms with Gasteiger partial charge in [-0.1, -0.05) is 17.7 Å². The van der Waals surface area contributed by atoms with E-state index in [1.807, 2.05) is 32.9 Å². The van der Waals surface area contributed by atoms with Gasteiger partial charge in [-0.05, 0) is 58.5 Å². The molecule has 0 saturated carbocycles. The first-order valence-electron chi connectivity index (χ1n) is 9.02. The Hall–Kier alpha value is -1.63. The summed E-state index contributed by atoms with van der Waals surface area (Å²) in [6, 6.07) is 7.14. The van der Waals surface area contributed by atoms with Crippen LogP contribution in [0.5, 0.6) is 0 Å². The lowest BCUT2D eigenvalue weighted by Gasteiger charge is -2.25. The molecular formula is C19H29ClN4O2. The van der Waals surface area contributed by atoms with Gasteiger partial charge in [0.15, 0.2) is 0 Å². The Morgan fingerprint density at radius 1 is 1.04 bits per heavy atom. The van der Waals surface area contributed by atoms with Crippen LogP contribution in [-0.4, -0.2) is 66.4 Å². The summed E-state index contributed by atoms with van der Waals surface area (Å²) in [4.78, 5) is 28.6. The van der Waals surface area contributed by atoms with Crippen molar-refractivity contribution in [1.29, 1.82) is 0 Å². The van der Waals surface area contributed by atoms with E-state index in [1.165, 1.54) is 0 Å². The highest BCUT2D eigenvalue weighted by Crippen LogP contribution is 2.15. The van der Waals surface area contributed by atoms with Crippen molar-refractivity contribution >= 4 is 29.1 Å². The average molecular weight is 381 g/mol. The lowest BCUT2D eigenvalue weighted by Crippen LogP contribution is -2.46. The Morgan fingerprint density at radius 3 is 2.23 bits per heavy atom. The van der Waals surface area contributed by atoms with Gasteiger partial charge in [-0.2, -0.15) is 0 Å². The van der Waals surface area contributed by atoms with Gasteiger partial charge in [0.05, 0.1) is 13.1 Å². The summed E-state index contributed by atoms with van der Waals surface area (Å²) in [5, 5.41) is 6.47. The highest BCUT2D eigenvalue weighted by molar-refractivity contribution is 6.30. The van der Waals surface area contributed by atoms with E-state index in [9.17, 15) is 9.59 Å². The first-order valence-corrected chi connectivity index (χ1v) is 9.40. The molecule has 7 heteroatoms. The van der Waals surface area contributed by atoms with Gasteiger partial charge in [-0.25, -0.2) is 0 Å². The minimum Gasteiger partial charge on any atom is -0.350 e. The van der Waals surface area contributed by atoms with Crippen molar-refractivity contribution < 1.29 is 9.59 Å². The summed E-state index contributed by atoms with van der Waals surface area (Å²) in [7, 11) is 0. The molecule has 0 radical (unpaired) electrons. The number of benzene rings is 1. The zero-order chi connectivity index (χ0) is 19.2. The number of halogens is 1. The van der Waals surface area contributed by atoms with E-state index in [0.717, 1.165) is 32.6 Å². The monoisotopic (exact) mass is 380 g/mol. The fourth-order valence-corrected chi connectivity index (χ4v) is 3.16. The van der Waals surface area contributed by atoms with Gasteiger partial charge in [0.1, 0.15) is 0 Å². The first kappa shape index (κ1) is 20.7. The molecule has 1 aliphatic rings. The van der Waals surface area contributed by atoms with Gasteiger partial charge in [0.2, 0.25) is 11.8 Å². The molecule has 144 valence electrons. The molecule has 2 amide bonds. The molecule has 0 spiro atoms. The van der Waals surface area contributed by atoms with Crippen molar-refractivity contribution in [3.8, 4) is 0 Å². The van der Waals surface area contributed by atoms with Crippen molar-refractivity contribution in [3.05, 3.63) is 29.3 Å². The van der Waals surface area contributed by atoms with Crippen molar-refractivity contribution in [1.82, 2.24) is 15.1 Å². The largest absolute Gasteiger partial charge is 0.350 e. The van der Waals surface area contributed by atoms with Crippen LogP contribution in [0.25, 0.3) is 0 Å². The van der Waals surface area contributed by atoms with Crippen LogP contribution in [0, 0.1) is 0 Å². The normalized spacial score (nSPS) is 16.8. The molecule has 0 aliphatic carbocycles. The topological polar surface area (TPSA) is 64.7 Å². The first-order chi connectivity index (χ1) is 12.2. The van der Waals surface area contributed by atoms with Crippen LogP contribution >= 0.6 is 11.6 Å². The number of carbonyl (C=O) groups excluding carboxylic acids is 2. The average Bonchev–Trinajstić information content (AvgIpc) is 2.70. The Bertz CT molecular complexity index is 630. The lowest BCUT2D eigenvalue weighted by molar-refractivity contribution is -0.123. The van der Waals surface area contributed by atoms with E-state index in [2.05, 4.69) is 20.4 Å². The van der Waals surface area contributed by atoms with Crippen LogP contribution < -0.4 is 10.6 Å². The number of nitrogens with zero attached hydrogens (tertiary/aromatic N) is 2. The number of hydrogen-bond donors (Lipinski definition) is 2. The number of nitrogens with one attached hydrogen (secondary N) is 2. The summed E-state index contributed by atoms with van der Waals surface area (Å²) in [6.45, 7) is 9.95. The van der Waals surface area contributed by atoms with E-state index >= 15 is 0 Å². The molecule has 1 aliphatic heterocycles. The van der Waals surface area contributed by atoms with Crippen LogP contribution in [0.4, 0.5) is 5.69 Å². The molecule has 0 atom stereocenters. The molecule has 2 N–H and O–H groups in total. The summed E-state index contributed by atoms with van der Waals surface area (Å²) >= 11 is 5.94.